The third-order valence-electron chi connectivity index (χ3n) is 4.68. The summed E-state index contributed by atoms with van der Waals surface area (Å²) in [5, 5.41) is 12.3. The summed E-state index contributed by atoms with van der Waals surface area (Å²) in [4.78, 5) is 14.4. The minimum Gasteiger partial charge on any atom is -0.508 e. The normalized spacial score (nSPS) is 17.3. The average Bonchev–Trinajstić information content (AvgIpc) is 2.62. The van der Waals surface area contributed by atoms with Crippen molar-refractivity contribution >= 4 is 11.7 Å². The maximum Gasteiger partial charge on any atom is 0.322 e. The van der Waals surface area contributed by atoms with Crippen molar-refractivity contribution in [2.45, 2.75) is 38.1 Å². The van der Waals surface area contributed by atoms with Gasteiger partial charge >= 0.3 is 6.03 Å². The number of phenolic OH excluding ortho intramolecular Hbond substituents is 1. The molecule has 2 amide bonds. The number of para-hydroxylation sites is 1. The van der Waals surface area contributed by atoms with E-state index in [9.17, 15) is 14.3 Å². The van der Waals surface area contributed by atoms with E-state index in [-0.39, 0.29) is 23.5 Å². The molecule has 0 spiro atoms. The first-order valence-corrected chi connectivity index (χ1v) is 8.73. The van der Waals surface area contributed by atoms with Crippen LogP contribution in [-0.4, -0.2) is 28.6 Å². The summed E-state index contributed by atoms with van der Waals surface area (Å²) in [5.74, 6) is -0.167. The van der Waals surface area contributed by atoms with Gasteiger partial charge in [-0.3, -0.25) is 0 Å². The van der Waals surface area contributed by atoms with Crippen LogP contribution in [0.1, 0.15) is 31.2 Å². The summed E-state index contributed by atoms with van der Waals surface area (Å²) in [5.41, 5.74) is 1.27. The van der Waals surface area contributed by atoms with Crippen LogP contribution >= 0.6 is 0 Å². The number of nitrogens with zero attached hydrogens (tertiary/aromatic N) is 1. The summed E-state index contributed by atoms with van der Waals surface area (Å²) in [6, 6.07) is 13.3. The molecular weight excluding hydrogens is 319 g/mol. The number of rotatable bonds is 4. The van der Waals surface area contributed by atoms with Crippen molar-refractivity contribution in [2.24, 2.45) is 0 Å². The Morgan fingerprint density at radius 3 is 2.84 bits per heavy atom. The zero-order chi connectivity index (χ0) is 17.6. The Hall–Kier alpha value is -2.56. The van der Waals surface area contributed by atoms with Gasteiger partial charge in [-0.2, -0.15) is 0 Å². The predicted molar refractivity (Wildman–Crippen MR) is 96.2 cm³/mol. The number of piperidine rings is 1. The maximum atomic E-state index is 13.8. The Kier molecular flexibility index (Phi) is 5.53. The number of hydrogen-bond acceptors (Lipinski definition) is 2. The van der Waals surface area contributed by atoms with E-state index in [0.717, 1.165) is 37.7 Å². The van der Waals surface area contributed by atoms with Gasteiger partial charge < -0.3 is 15.3 Å². The van der Waals surface area contributed by atoms with Crippen LogP contribution in [0.3, 0.4) is 0 Å². The van der Waals surface area contributed by atoms with Crippen LogP contribution in [0.25, 0.3) is 0 Å². The molecule has 1 saturated heterocycles. The lowest BCUT2D eigenvalue weighted by molar-refractivity contribution is 0.158. The number of benzene rings is 2. The Morgan fingerprint density at radius 2 is 2.04 bits per heavy atom. The first kappa shape index (κ1) is 17.3. The van der Waals surface area contributed by atoms with Crippen LogP contribution in [0.15, 0.2) is 48.5 Å². The summed E-state index contributed by atoms with van der Waals surface area (Å²) in [6.45, 7) is 0.686. The fraction of sp³-hybridized carbons (Fsp3) is 0.350. The minimum atomic E-state index is -0.427. The molecule has 0 aliphatic carbocycles. The highest BCUT2D eigenvalue weighted by Crippen LogP contribution is 2.24. The molecule has 1 aliphatic rings. The molecular formula is C20H23FN2O2. The van der Waals surface area contributed by atoms with Gasteiger partial charge in [-0.15, -0.1) is 0 Å². The second-order valence-corrected chi connectivity index (χ2v) is 6.46. The summed E-state index contributed by atoms with van der Waals surface area (Å²) >= 11 is 0. The Morgan fingerprint density at radius 1 is 1.20 bits per heavy atom. The Labute approximate surface area is 147 Å². The van der Waals surface area contributed by atoms with Gasteiger partial charge in [0.15, 0.2) is 0 Å². The van der Waals surface area contributed by atoms with Gasteiger partial charge in [-0.05, 0) is 61.9 Å². The zero-order valence-corrected chi connectivity index (χ0v) is 14.1. The molecule has 0 radical (unpaired) electrons. The molecule has 1 atom stereocenters. The maximum absolute atomic E-state index is 13.8. The summed E-state index contributed by atoms with van der Waals surface area (Å²) in [6.07, 6.45) is 4.63. The number of anilines is 1. The van der Waals surface area contributed by atoms with E-state index in [1.165, 1.54) is 6.07 Å². The summed E-state index contributed by atoms with van der Waals surface area (Å²) < 4.78 is 13.8. The predicted octanol–water partition coefficient (Wildman–Crippen LogP) is 4.55. The van der Waals surface area contributed by atoms with Gasteiger partial charge in [0.1, 0.15) is 11.6 Å². The molecule has 4 nitrogen and oxygen atoms in total. The molecule has 0 unspecified atom stereocenters. The van der Waals surface area contributed by atoms with Crippen LogP contribution in [0.4, 0.5) is 14.9 Å². The summed E-state index contributed by atoms with van der Waals surface area (Å²) in [7, 11) is 0. The third-order valence-corrected chi connectivity index (χ3v) is 4.68. The fourth-order valence-corrected chi connectivity index (χ4v) is 3.36. The lowest BCUT2D eigenvalue weighted by Crippen LogP contribution is -2.46. The van der Waals surface area contributed by atoms with Gasteiger partial charge in [0.25, 0.3) is 0 Å². The number of aryl methyl sites for hydroxylation is 1. The fourth-order valence-electron chi connectivity index (χ4n) is 3.36. The van der Waals surface area contributed by atoms with Crippen molar-refractivity contribution in [3.05, 3.63) is 59.9 Å². The van der Waals surface area contributed by atoms with E-state index in [4.69, 9.17) is 0 Å². The molecule has 1 heterocycles. The number of nitrogens with one attached hydrogen (secondary N) is 1. The zero-order valence-electron chi connectivity index (χ0n) is 14.1. The molecule has 5 heteroatoms. The molecule has 0 saturated carbocycles. The van der Waals surface area contributed by atoms with E-state index < -0.39 is 5.82 Å². The minimum absolute atomic E-state index is 0.128. The molecule has 2 N–H and O–H groups in total. The number of halogens is 1. The van der Waals surface area contributed by atoms with Crippen molar-refractivity contribution in [3.63, 3.8) is 0 Å². The smallest absolute Gasteiger partial charge is 0.322 e. The van der Waals surface area contributed by atoms with E-state index >= 15 is 0 Å². The molecule has 25 heavy (non-hydrogen) atoms. The number of carbonyl (C=O) groups excluding carboxylic acids is 1. The van der Waals surface area contributed by atoms with Gasteiger partial charge in [0.05, 0.1) is 5.69 Å². The molecule has 1 aliphatic heterocycles. The van der Waals surface area contributed by atoms with Crippen molar-refractivity contribution in [2.75, 3.05) is 11.9 Å². The number of likely N-dealkylation sites (tertiary alicyclic amines) is 1. The monoisotopic (exact) mass is 342 g/mol. The third kappa shape index (κ3) is 4.50. The standard InChI is InChI=1S/C20H23FN2O2/c21-18-9-1-2-10-19(18)22-20(25)23-13-4-3-7-16(23)12-11-15-6-5-8-17(24)14-15/h1-2,5-6,8-10,14,16,24H,3-4,7,11-13H2,(H,22,25)/t16-/m0/s1. The molecule has 2 aromatic rings. The van der Waals surface area contributed by atoms with Gasteiger partial charge in [0, 0.05) is 12.6 Å². The van der Waals surface area contributed by atoms with Gasteiger partial charge in [-0.25, -0.2) is 9.18 Å². The second-order valence-electron chi connectivity index (χ2n) is 6.46. The average molecular weight is 342 g/mol. The Balaban J connectivity index is 1.64. The molecule has 2 aromatic carbocycles. The molecule has 1 fully saturated rings. The molecule has 0 aromatic heterocycles. The van der Waals surface area contributed by atoms with Crippen molar-refractivity contribution in [3.8, 4) is 5.75 Å². The van der Waals surface area contributed by atoms with E-state index in [1.54, 1.807) is 30.3 Å². The Bertz CT molecular complexity index is 735. The lowest BCUT2D eigenvalue weighted by Gasteiger charge is -2.36. The molecule has 132 valence electrons. The largest absolute Gasteiger partial charge is 0.508 e. The van der Waals surface area contributed by atoms with Crippen molar-refractivity contribution < 1.29 is 14.3 Å². The number of phenols is 1. The molecule has 0 bridgehead atoms. The number of carbonyl (C=O) groups is 1. The highest BCUT2D eigenvalue weighted by atomic mass is 19.1. The van der Waals surface area contributed by atoms with Crippen molar-refractivity contribution in [1.82, 2.24) is 4.90 Å². The van der Waals surface area contributed by atoms with E-state index in [2.05, 4.69) is 5.32 Å². The van der Waals surface area contributed by atoms with Gasteiger partial charge in [0.2, 0.25) is 0 Å². The van der Waals surface area contributed by atoms with E-state index in [1.807, 2.05) is 17.0 Å². The highest BCUT2D eigenvalue weighted by molar-refractivity contribution is 5.89. The quantitative estimate of drug-likeness (QED) is 0.856. The lowest BCUT2D eigenvalue weighted by atomic mass is 9.96. The van der Waals surface area contributed by atoms with Gasteiger partial charge in [-0.1, -0.05) is 24.3 Å². The highest BCUT2D eigenvalue weighted by Gasteiger charge is 2.26. The number of aromatic hydroxyl groups is 1. The van der Waals surface area contributed by atoms with Crippen LogP contribution < -0.4 is 5.32 Å². The van der Waals surface area contributed by atoms with Crippen LogP contribution in [-0.2, 0) is 6.42 Å². The number of urea groups is 1. The van der Waals surface area contributed by atoms with Crippen LogP contribution in [0, 0.1) is 5.82 Å². The molecule has 3 rings (SSSR count). The first-order valence-electron chi connectivity index (χ1n) is 8.73. The second kappa shape index (κ2) is 8.01. The topological polar surface area (TPSA) is 52.6 Å². The SMILES string of the molecule is O=C(Nc1ccccc1F)N1CCCC[C@H]1CCc1cccc(O)c1. The van der Waals surface area contributed by atoms with Crippen molar-refractivity contribution in [1.29, 1.82) is 0 Å². The first-order chi connectivity index (χ1) is 12.1. The van der Waals surface area contributed by atoms with Crippen LogP contribution in [0.5, 0.6) is 5.75 Å². The van der Waals surface area contributed by atoms with Crippen LogP contribution in [0.2, 0.25) is 0 Å². The number of hydrogen-bond donors (Lipinski definition) is 2. The van der Waals surface area contributed by atoms with E-state index in [0.29, 0.717) is 6.54 Å². The number of amides is 2.